The molecular formula is C27H40O8. The molecule has 2 heterocycles. The molecule has 0 aliphatic carbocycles. The first-order valence-corrected chi connectivity index (χ1v) is 12.3. The SMILES string of the molecule is CC(C)(CCCC(O)CCCC(O)CCCC(C)(C)c1cocc(O)c1=O)c1cocc(O)c1=O. The maximum absolute atomic E-state index is 12.1. The van der Waals surface area contributed by atoms with Crippen LogP contribution in [0.25, 0.3) is 0 Å². The van der Waals surface area contributed by atoms with Crippen LogP contribution in [0, 0.1) is 0 Å². The van der Waals surface area contributed by atoms with Crippen LogP contribution >= 0.6 is 0 Å². The predicted molar refractivity (Wildman–Crippen MR) is 133 cm³/mol. The summed E-state index contributed by atoms with van der Waals surface area (Å²) in [7, 11) is 0. The lowest BCUT2D eigenvalue weighted by Crippen LogP contribution is -2.26. The maximum Gasteiger partial charge on any atom is 0.230 e. The second-order valence-electron chi connectivity index (χ2n) is 10.8. The standard InChI is InChI=1S/C27H40O8/c1-26(2,20-14-34-16-22(30)24(20)32)12-6-10-18(28)8-5-9-19(29)11-7-13-27(3,4)21-15-35-17-23(31)25(21)33/h14-19,28-31H,5-13H2,1-4H3. The van der Waals surface area contributed by atoms with E-state index in [1.807, 2.05) is 27.7 Å². The fourth-order valence-corrected chi connectivity index (χ4v) is 4.46. The Morgan fingerprint density at radius 3 is 1.37 bits per heavy atom. The zero-order chi connectivity index (χ0) is 26.2. The number of aliphatic hydroxyl groups excluding tert-OH is 2. The molecule has 0 aromatic carbocycles. The van der Waals surface area contributed by atoms with E-state index in [2.05, 4.69) is 0 Å². The first kappa shape index (κ1) is 28.7. The van der Waals surface area contributed by atoms with Gasteiger partial charge in [-0.15, -0.1) is 0 Å². The first-order chi connectivity index (χ1) is 16.3. The second kappa shape index (κ2) is 12.4. The lowest BCUT2D eigenvalue weighted by Gasteiger charge is -2.25. The van der Waals surface area contributed by atoms with Crippen molar-refractivity contribution in [3.8, 4) is 11.5 Å². The summed E-state index contributed by atoms with van der Waals surface area (Å²) in [5, 5.41) is 39.8. The third kappa shape index (κ3) is 8.25. The summed E-state index contributed by atoms with van der Waals surface area (Å²) in [6, 6.07) is 0. The minimum absolute atomic E-state index is 0.400. The van der Waals surface area contributed by atoms with Gasteiger partial charge in [0, 0.05) is 11.1 Å². The van der Waals surface area contributed by atoms with E-state index in [4.69, 9.17) is 8.83 Å². The summed E-state index contributed by atoms with van der Waals surface area (Å²) in [6.45, 7) is 7.65. The summed E-state index contributed by atoms with van der Waals surface area (Å²) in [4.78, 5) is 24.3. The van der Waals surface area contributed by atoms with E-state index in [0.29, 0.717) is 68.9 Å². The average molecular weight is 493 g/mol. The van der Waals surface area contributed by atoms with Gasteiger partial charge in [0.25, 0.3) is 0 Å². The highest BCUT2D eigenvalue weighted by atomic mass is 16.3. The molecule has 0 radical (unpaired) electrons. The first-order valence-electron chi connectivity index (χ1n) is 12.3. The van der Waals surface area contributed by atoms with E-state index >= 15 is 0 Å². The summed E-state index contributed by atoms with van der Waals surface area (Å²) >= 11 is 0. The van der Waals surface area contributed by atoms with E-state index in [0.717, 1.165) is 12.5 Å². The molecule has 196 valence electrons. The van der Waals surface area contributed by atoms with Crippen molar-refractivity contribution in [2.24, 2.45) is 0 Å². The topological polar surface area (TPSA) is 141 Å². The molecule has 2 atom stereocenters. The Balaban J connectivity index is 1.67. The van der Waals surface area contributed by atoms with E-state index in [1.165, 1.54) is 12.5 Å². The van der Waals surface area contributed by atoms with Gasteiger partial charge in [-0.3, -0.25) is 9.59 Å². The van der Waals surface area contributed by atoms with Crippen LogP contribution in [0.4, 0.5) is 0 Å². The van der Waals surface area contributed by atoms with Crippen molar-refractivity contribution >= 4 is 0 Å². The number of aliphatic hydroxyl groups is 2. The molecule has 0 bridgehead atoms. The van der Waals surface area contributed by atoms with E-state index in [1.54, 1.807) is 0 Å². The fraction of sp³-hybridized carbons (Fsp3) is 0.630. The number of rotatable bonds is 14. The maximum atomic E-state index is 12.1. The molecule has 35 heavy (non-hydrogen) atoms. The van der Waals surface area contributed by atoms with Crippen LogP contribution in [-0.2, 0) is 10.8 Å². The van der Waals surface area contributed by atoms with Gasteiger partial charge in [-0.1, -0.05) is 40.5 Å². The summed E-state index contributed by atoms with van der Waals surface area (Å²) < 4.78 is 10.1. The molecule has 0 fully saturated rings. The van der Waals surface area contributed by atoms with Gasteiger partial charge in [0.15, 0.2) is 11.5 Å². The molecule has 2 unspecified atom stereocenters. The molecule has 8 nitrogen and oxygen atoms in total. The Bertz CT molecular complexity index is 966. The van der Waals surface area contributed by atoms with Crippen LogP contribution in [0.3, 0.4) is 0 Å². The number of aromatic hydroxyl groups is 2. The number of hydrogen-bond acceptors (Lipinski definition) is 8. The molecule has 0 saturated heterocycles. The van der Waals surface area contributed by atoms with Crippen LogP contribution in [0.1, 0.15) is 96.6 Å². The van der Waals surface area contributed by atoms with Crippen LogP contribution < -0.4 is 10.9 Å². The summed E-state index contributed by atoms with van der Waals surface area (Å²) in [5.74, 6) is -0.800. The zero-order valence-corrected chi connectivity index (χ0v) is 21.2. The molecule has 0 aliphatic heterocycles. The van der Waals surface area contributed by atoms with Crippen molar-refractivity contribution in [2.75, 3.05) is 0 Å². The van der Waals surface area contributed by atoms with E-state index < -0.39 is 45.4 Å². The highest BCUT2D eigenvalue weighted by Crippen LogP contribution is 2.30. The normalized spacial score (nSPS) is 14.1. The monoisotopic (exact) mass is 492 g/mol. The second-order valence-corrected chi connectivity index (χ2v) is 10.8. The highest BCUT2D eigenvalue weighted by Gasteiger charge is 2.27. The third-order valence-electron chi connectivity index (χ3n) is 6.90. The lowest BCUT2D eigenvalue weighted by atomic mass is 9.80. The van der Waals surface area contributed by atoms with Gasteiger partial charge in [-0.05, 0) is 55.8 Å². The van der Waals surface area contributed by atoms with Crippen molar-refractivity contribution in [3.63, 3.8) is 0 Å². The van der Waals surface area contributed by atoms with Crippen LogP contribution in [0.2, 0.25) is 0 Å². The van der Waals surface area contributed by atoms with Crippen molar-refractivity contribution in [3.05, 3.63) is 56.6 Å². The van der Waals surface area contributed by atoms with Gasteiger partial charge in [-0.25, -0.2) is 0 Å². The van der Waals surface area contributed by atoms with Gasteiger partial charge in [0.2, 0.25) is 10.9 Å². The summed E-state index contributed by atoms with van der Waals surface area (Å²) in [6.07, 6.45) is 9.61. The predicted octanol–water partition coefficient (Wildman–Crippen LogP) is 4.49. The van der Waals surface area contributed by atoms with Crippen molar-refractivity contribution < 1.29 is 29.3 Å². The number of hydrogen-bond donors (Lipinski definition) is 4. The Kier molecular flexibility index (Phi) is 10.2. The average Bonchev–Trinajstić information content (AvgIpc) is 2.77. The van der Waals surface area contributed by atoms with Gasteiger partial charge >= 0.3 is 0 Å². The highest BCUT2D eigenvalue weighted by molar-refractivity contribution is 5.27. The van der Waals surface area contributed by atoms with Gasteiger partial charge in [0.1, 0.15) is 12.5 Å². The van der Waals surface area contributed by atoms with E-state index in [-0.39, 0.29) is 0 Å². The molecule has 2 aromatic rings. The fourth-order valence-electron chi connectivity index (χ4n) is 4.46. The Morgan fingerprint density at radius 1 is 0.657 bits per heavy atom. The van der Waals surface area contributed by atoms with E-state index in [9.17, 15) is 30.0 Å². The summed E-state index contributed by atoms with van der Waals surface area (Å²) in [5.41, 5.74) is -0.981. The molecule has 0 aliphatic rings. The van der Waals surface area contributed by atoms with Crippen molar-refractivity contribution in [1.82, 2.24) is 0 Å². The molecular weight excluding hydrogens is 452 g/mol. The molecule has 8 heteroatoms. The molecule has 0 amide bonds. The largest absolute Gasteiger partial charge is 0.502 e. The molecule has 4 N–H and O–H groups in total. The Labute approximate surface area is 206 Å². The van der Waals surface area contributed by atoms with Crippen molar-refractivity contribution in [1.29, 1.82) is 0 Å². The smallest absolute Gasteiger partial charge is 0.230 e. The van der Waals surface area contributed by atoms with Crippen LogP contribution in [0.5, 0.6) is 11.5 Å². The van der Waals surface area contributed by atoms with Crippen LogP contribution in [-0.4, -0.2) is 32.6 Å². The Hall–Kier alpha value is -2.58. The quantitative estimate of drug-likeness (QED) is 0.302. The third-order valence-corrected chi connectivity index (χ3v) is 6.90. The lowest BCUT2D eigenvalue weighted by molar-refractivity contribution is 0.119. The molecule has 2 aromatic heterocycles. The minimum atomic E-state index is -0.484. The van der Waals surface area contributed by atoms with Crippen molar-refractivity contribution in [2.45, 2.75) is 109 Å². The van der Waals surface area contributed by atoms with Gasteiger partial charge < -0.3 is 29.3 Å². The Morgan fingerprint density at radius 2 is 1.00 bits per heavy atom. The van der Waals surface area contributed by atoms with Gasteiger partial charge in [0.05, 0.1) is 24.7 Å². The molecule has 0 spiro atoms. The molecule has 2 rings (SSSR count). The molecule has 0 saturated carbocycles. The van der Waals surface area contributed by atoms with Gasteiger partial charge in [-0.2, -0.15) is 0 Å². The van der Waals surface area contributed by atoms with Crippen LogP contribution in [0.15, 0.2) is 43.5 Å². The minimum Gasteiger partial charge on any atom is -0.502 e. The zero-order valence-electron chi connectivity index (χ0n) is 21.2.